The van der Waals surface area contributed by atoms with Crippen molar-refractivity contribution in [2.75, 3.05) is 25.2 Å². The largest absolute Gasteiger partial charge is 0.463 e. The van der Waals surface area contributed by atoms with E-state index >= 15 is 0 Å². The Bertz CT molecular complexity index is 1070. The van der Waals surface area contributed by atoms with E-state index in [9.17, 15) is 9.59 Å². The number of fused-ring (bicyclic) bond motifs is 1. The molecule has 3 heterocycles. The summed E-state index contributed by atoms with van der Waals surface area (Å²) >= 11 is 0. The minimum atomic E-state index is -1.17. The Hall–Kier alpha value is -3.39. The van der Waals surface area contributed by atoms with Crippen molar-refractivity contribution in [2.45, 2.75) is 25.9 Å². The standard InChI is InChI=1S/C22H24N4O4/c1-15-7-4-5-8-17(15)26-20(27)18-13-16(19-9-6-11-30-19)24-25(18)14-22(26,2)21(28)23-10-12-29-3/h4-9,11,13H,10,12,14H2,1-3H3,(H,23,28)/t22-/m0/s1. The molecule has 3 aromatic rings. The zero-order chi connectivity index (χ0) is 21.3. The fourth-order valence-electron chi connectivity index (χ4n) is 3.78. The van der Waals surface area contributed by atoms with Gasteiger partial charge in [-0.1, -0.05) is 18.2 Å². The molecule has 1 aromatic carbocycles. The van der Waals surface area contributed by atoms with Gasteiger partial charge in [0.05, 0.1) is 19.4 Å². The van der Waals surface area contributed by atoms with Gasteiger partial charge in [-0.05, 0) is 37.6 Å². The Morgan fingerprint density at radius 1 is 1.30 bits per heavy atom. The first-order valence-corrected chi connectivity index (χ1v) is 9.75. The Balaban J connectivity index is 1.80. The number of hydrogen-bond acceptors (Lipinski definition) is 5. The number of furan rings is 1. The SMILES string of the molecule is COCCNC(=O)[C@]1(C)Cn2nc(-c3ccco3)cc2C(=O)N1c1ccccc1C. The summed E-state index contributed by atoms with van der Waals surface area (Å²) in [5.74, 6) is 0.0143. The maximum atomic E-state index is 13.6. The smallest absolute Gasteiger partial charge is 0.277 e. The van der Waals surface area contributed by atoms with Gasteiger partial charge in [-0.3, -0.25) is 19.2 Å². The number of amides is 2. The van der Waals surface area contributed by atoms with Gasteiger partial charge in [0.1, 0.15) is 16.9 Å². The summed E-state index contributed by atoms with van der Waals surface area (Å²) in [6, 6.07) is 12.8. The molecule has 0 spiro atoms. The lowest BCUT2D eigenvalue weighted by molar-refractivity contribution is -0.126. The fraction of sp³-hybridized carbons (Fsp3) is 0.318. The molecule has 30 heavy (non-hydrogen) atoms. The van der Waals surface area contributed by atoms with E-state index in [0.29, 0.717) is 36.0 Å². The van der Waals surface area contributed by atoms with E-state index in [1.54, 1.807) is 48.1 Å². The van der Waals surface area contributed by atoms with Crippen LogP contribution in [0.4, 0.5) is 5.69 Å². The number of methoxy groups -OCH3 is 1. The zero-order valence-electron chi connectivity index (χ0n) is 17.2. The molecule has 0 radical (unpaired) electrons. The van der Waals surface area contributed by atoms with E-state index in [-0.39, 0.29) is 18.4 Å². The number of benzene rings is 1. The topological polar surface area (TPSA) is 89.6 Å². The van der Waals surface area contributed by atoms with Crippen molar-refractivity contribution >= 4 is 17.5 Å². The summed E-state index contributed by atoms with van der Waals surface area (Å²) in [5.41, 5.74) is 1.39. The lowest BCUT2D eigenvalue weighted by atomic mass is 9.93. The van der Waals surface area contributed by atoms with Crippen LogP contribution in [0.5, 0.6) is 0 Å². The summed E-state index contributed by atoms with van der Waals surface area (Å²) in [4.78, 5) is 28.5. The number of para-hydroxylation sites is 1. The number of carbonyl (C=O) groups excluding carboxylic acids is 2. The Morgan fingerprint density at radius 3 is 2.80 bits per heavy atom. The summed E-state index contributed by atoms with van der Waals surface area (Å²) in [5, 5.41) is 7.42. The highest BCUT2D eigenvalue weighted by atomic mass is 16.5. The van der Waals surface area contributed by atoms with Crippen LogP contribution in [-0.2, 0) is 16.1 Å². The van der Waals surface area contributed by atoms with Crippen molar-refractivity contribution < 1.29 is 18.7 Å². The van der Waals surface area contributed by atoms with Gasteiger partial charge in [0.2, 0.25) is 5.91 Å². The average Bonchev–Trinajstić information content (AvgIpc) is 3.39. The lowest BCUT2D eigenvalue weighted by Crippen LogP contribution is -2.65. The van der Waals surface area contributed by atoms with Crippen molar-refractivity contribution in [3.05, 3.63) is 60.0 Å². The molecule has 0 bridgehead atoms. The van der Waals surface area contributed by atoms with Crippen LogP contribution in [0.1, 0.15) is 23.0 Å². The molecule has 0 unspecified atom stereocenters. The summed E-state index contributed by atoms with van der Waals surface area (Å²) < 4.78 is 12.1. The first-order chi connectivity index (χ1) is 14.5. The number of nitrogens with zero attached hydrogens (tertiary/aromatic N) is 3. The van der Waals surface area contributed by atoms with E-state index in [0.717, 1.165) is 5.56 Å². The van der Waals surface area contributed by atoms with Gasteiger partial charge in [0, 0.05) is 25.4 Å². The molecule has 1 atom stereocenters. The predicted octanol–water partition coefficient (Wildman–Crippen LogP) is 2.63. The summed E-state index contributed by atoms with van der Waals surface area (Å²) in [6.45, 7) is 4.63. The number of ether oxygens (including phenoxy) is 1. The van der Waals surface area contributed by atoms with Gasteiger partial charge in [-0.15, -0.1) is 0 Å². The van der Waals surface area contributed by atoms with Crippen molar-refractivity contribution in [1.82, 2.24) is 15.1 Å². The molecule has 2 aromatic heterocycles. The first-order valence-electron chi connectivity index (χ1n) is 9.75. The minimum absolute atomic E-state index is 0.210. The maximum absolute atomic E-state index is 13.6. The third-order valence-electron chi connectivity index (χ3n) is 5.36. The Labute approximate surface area is 174 Å². The monoisotopic (exact) mass is 408 g/mol. The van der Waals surface area contributed by atoms with Crippen molar-refractivity contribution in [3.63, 3.8) is 0 Å². The van der Waals surface area contributed by atoms with Crippen molar-refractivity contribution in [3.8, 4) is 11.5 Å². The molecule has 8 heteroatoms. The molecule has 2 amide bonds. The van der Waals surface area contributed by atoms with Crippen LogP contribution in [-0.4, -0.2) is 47.4 Å². The second-order valence-electron chi connectivity index (χ2n) is 7.50. The third kappa shape index (κ3) is 3.29. The van der Waals surface area contributed by atoms with E-state index in [1.165, 1.54) is 0 Å². The van der Waals surface area contributed by atoms with Gasteiger partial charge in [-0.25, -0.2) is 0 Å². The quantitative estimate of drug-likeness (QED) is 0.634. The van der Waals surface area contributed by atoms with Crippen LogP contribution in [0.3, 0.4) is 0 Å². The van der Waals surface area contributed by atoms with Crippen LogP contribution in [0, 0.1) is 6.92 Å². The van der Waals surface area contributed by atoms with Crippen LogP contribution in [0.15, 0.2) is 53.1 Å². The van der Waals surface area contributed by atoms with E-state index < -0.39 is 5.54 Å². The average molecular weight is 408 g/mol. The normalized spacial score (nSPS) is 18.4. The molecule has 8 nitrogen and oxygen atoms in total. The number of rotatable bonds is 6. The van der Waals surface area contributed by atoms with Crippen molar-refractivity contribution in [2.24, 2.45) is 0 Å². The molecule has 0 saturated carbocycles. The number of anilines is 1. The van der Waals surface area contributed by atoms with Gasteiger partial charge >= 0.3 is 0 Å². The number of carbonyl (C=O) groups is 2. The highest BCUT2D eigenvalue weighted by Gasteiger charge is 2.49. The van der Waals surface area contributed by atoms with Crippen molar-refractivity contribution in [1.29, 1.82) is 0 Å². The van der Waals surface area contributed by atoms with Crippen LogP contribution >= 0.6 is 0 Å². The third-order valence-corrected chi connectivity index (χ3v) is 5.36. The Kier molecular flexibility index (Phi) is 5.17. The van der Waals surface area contributed by atoms with E-state index in [1.807, 2.05) is 31.2 Å². The van der Waals surface area contributed by atoms with Gasteiger partial charge in [0.15, 0.2) is 5.76 Å². The number of hydrogen-bond donors (Lipinski definition) is 1. The van der Waals surface area contributed by atoms with Gasteiger partial charge in [0.25, 0.3) is 5.91 Å². The molecular formula is C22H24N4O4. The molecule has 1 aliphatic heterocycles. The van der Waals surface area contributed by atoms with Gasteiger partial charge in [-0.2, -0.15) is 5.10 Å². The second-order valence-corrected chi connectivity index (χ2v) is 7.50. The summed E-state index contributed by atoms with van der Waals surface area (Å²) in [6.07, 6.45) is 1.56. The molecular weight excluding hydrogens is 384 g/mol. The highest BCUT2D eigenvalue weighted by molar-refractivity contribution is 6.12. The molecule has 4 rings (SSSR count). The number of aromatic nitrogens is 2. The molecule has 0 aliphatic carbocycles. The lowest BCUT2D eigenvalue weighted by Gasteiger charge is -2.43. The van der Waals surface area contributed by atoms with Crippen LogP contribution in [0.25, 0.3) is 11.5 Å². The van der Waals surface area contributed by atoms with Gasteiger partial charge < -0.3 is 14.5 Å². The molecule has 0 saturated heterocycles. The first kappa shape index (κ1) is 19.9. The highest BCUT2D eigenvalue weighted by Crippen LogP contribution is 2.35. The molecule has 0 fully saturated rings. The number of nitrogens with one attached hydrogen (secondary N) is 1. The Morgan fingerprint density at radius 2 is 2.10 bits per heavy atom. The van der Waals surface area contributed by atoms with Crippen LogP contribution < -0.4 is 10.2 Å². The van der Waals surface area contributed by atoms with E-state index in [2.05, 4.69) is 10.4 Å². The second kappa shape index (κ2) is 7.79. The predicted molar refractivity (Wildman–Crippen MR) is 111 cm³/mol. The molecule has 156 valence electrons. The fourth-order valence-corrected chi connectivity index (χ4v) is 3.78. The van der Waals surface area contributed by atoms with E-state index in [4.69, 9.17) is 9.15 Å². The number of aryl methyl sites for hydroxylation is 1. The molecule has 1 N–H and O–H groups in total. The summed E-state index contributed by atoms with van der Waals surface area (Å²) in [7, 11) is 1.57. The van der Waals surface area contributed by atoms with Crippen LogP contribution in [0.2, 0.25) is 0 Å². The minimum Gasteiger partial charge on any atom is -0.463 e. The molecule has 1 aliphatic rings. The zero-order valence-corrected chi connectivity index (χ0v) is 17.2. The maximum Gasteiger partial charge on any atom is 0.277 e.